The van der Waals surface area contributed by atoms with Gasteiger partial charge in [-0.2, -0.15) is 5.10 Å². The van der Waals surface area contributed by atoms with E-state index >= 15 is 0 Å². The second kappa shape index (κ2) is 6.50. The SMILES string of the molecule is CNc1ccc(C)cc1CN[C@@H]1CCO[C@H]1c1cnn(C)c1. The van der Waals surface area contributed by atoms with Crippen molar-refractivity contribution in [2.45, 2.75) is 32.0 Å². The van der Waals surface area contributed by atoms with E-state index in [-0.39, 0.29) is 6.10 Å². The number of nitrogens with zero attached hydrogens (tertiary/aromatic N) is 2. The van der Waals surface area contributed by atoms with Gasteiger partial charge in [0.2, 0.25) is 0 Å². The minimum Gasteiger partial charge on any atom is -0.388 e. The third-order valence-corrected chi connectivity index (χ3v) is 4.23. The summed E-state index contributed by atoms with van der Waals surface area (Å²) in [5, 5.41) is 11.2. The Bertz CT molecular complexity index is 637. The Kier molecular flexibility index (Phi) is 4.45. The maximum Gasteiger partial charge on any atom is 0.101 e. The van der Waals surface area contributed by atoms with Crippen LogP contribution >= 0.6 is 0 Å². The molecule has 0 aliphatic carbocycles. The van der Waals surface area contributed by atoms with Gasteiger partial charge in [-0.25, -0.2) is 0 Å². The lowest BCUT2D eigenvalue weighted by Gasteiger charge is -2.20. The number of rotatable bonds is 5. The summed E-state index contributed by atoms with van der Waals surface area (Å²) in [6.45, 7) is 3.76. The monoisotopic (exact) mass is 300 g/mol. The Hall–Kier alpha value is -1.85. The smallest absolute Gasteiger partial charge is 0.101 e. The number of anilines is 1. The normalized spacial score (nSPS) is 21.2. The van der Waals surface area contributed by atoms with Gasteiger partial charge in [0, 0.05) is 50.7 Å². The average Bonchev–Trinajstić information content (AvgIpc) is 3.13. The minimum atomic E-state index is 0.0940. The maximum atomic E-state index is 5.90. The van der Waals surface area contributed by atoms with Crippen molar-refractivity contribution >= 4 is 5.69 Å². The summed E-state index contributed by atoms with van der Waals surface area (Å²) in [5.41, 5.74) is 4.90. The molecule has 0 unspecified atom stereocenters. The van der Waals surface area contributed by atoms with Gasteiger partial charge in [0.15, 0.2) is 0 Å². The van der Waals surface area contributed by atoms with Crippen molar-refractivity contribution in [2.75, 3.05) is 19.0 Å². The van der Waals surface area contributed by atoms with Crippen molar-refractivity contribution in [1.29, 1.82) is 0 Å². The molecule has 3 rings (SSSR count). The van der Waals surface area contributed by atoms with Crippen LogP contribution in [0.4, 0.5) is 5.69 Å². The topological polar surface area (TPSA) is 51.1 Å². The molecule has 1 saturated heterocycles. The van der Waals surface area contributed by atoms with Gasteiger partial charge in [-0.05, 0) is 25.0 Å². The molecule has 2 N–H and O–H groups in total. The Balaban J connectivity index is 1.69. The van der Waals surface area contributed by atoms with Crippen molar-refractivity contribution in [3.63, 3.8) is 0 Å². The fourth-order valence-corrected chi connectivity index (χ4v) is 3.07. The van der Waals surface area contributed by atoms with E-state index in [1.54, 1.807) is 0 Å². The summed E-state index contributed by atoms with van der Waals surface area (Å²) >= 11 is 0. The molecule has 1 fully saturated rings. The molecule has 22 heavy (non-hydrogen) atoms. The third-order valence-electron chi connectivity index (χ3n) is 4.23. The highest BCUT2D eigenvalue weighted by Crippen LogP contribution is 2.29. The van der Waals surface area contributed by atoms with Crippen LogP contribution in [0.2, 0.25) is 0 Å². The van der Waals surface area contributed by atoms with Crippen LogP contribution in [0, 0.1) is 6.92 Å². The Morgan fingerprint density at radius 3 is 3.00 bits per heavy atom. The molecule has 0 bridgehead atoms. The van der Waals surface area contributed by atoms with Crippen LogP contribution in [0.3, 0.4) is 0 Å². The van der Waals surface area contributed by atoms with E-state index < -0.39 is 0 Å². The fraction of sp³-hybridized carbons (Fsp3) is 0.471. The van der Waals surface area contributed by atoms with Gasteiger partial charge in [0.25, 0.3) is 0 Å². The van der Waals surface area contributed by atoms with Gasteiger partial charge in [-0.15, -0.1) is 0 Å². The van der Waals surface area contributed by atoms with Crippen molar-refractivity contribution in [1.82, 2.24) is 15.1 Å². The lowest BCUT2D eigenvalue weighted by molar-refractivity contribution is 0.0984. The minimum absolute atomic E-state index is 0.0940. The summed E-state index contributed by atoms with van der Waals surface area (Å²) in [7, 11) is 3.90. The Labute approximate surface area is 131 Å². The van der Waals surface area contributed by atoms with Crippen LogP contribution in [0.5, 0.6) is 0 Å². The number of hydrogen-bond acceptors (Lipinski definition) is 4. The molecule has 0 spiro atoms. The molecular formula is C17H24N4O. The Morgan fingerprint density at radius 1 is 1.41 bits per heavy atom. The van der Waals surface area contributed by atoms with Crippen LogP contribution < -0.4 is 10.6 Å². The van der Waals surface area contributed by atoms with Crippen LogP contribution in [0.1, 0.15) is 29.2 Å². The number of aryl methyl sites for hydroxylation is 2. The largest absolute Gasteiger partial charge is 0.388 e. The van der Waals surface area contributed by atoms with Crippen LogP contribution in [0.15, 0.2) is 30.6 Å². The first-order valence-corrected chi connectivity index (χ1v) is 7.78. The molecule has 1 aliphatic heterocycles. The molecule has 2 aromatic rings. The number of ether oxygens (including phenoxy) is 1. The van der Waals surface area contributed by atoms with Gasteiger partial charge < -0.3 is 15.4 Å². The van der Waals surface area contributed by atoms with Gasteiger partial charge in [0.1, 0.15) is 6.10 Å². The number of hydrogen-bond donors (Lipinski definition) is 2. The van der Waals surface area contributed by atoms with E-state index in [1.165, 1.54) is 16.8 Å². The predicted octanol–water partition coefficient (Wildman–Crippen LogP) is 2.39. The molecule has 0 radical (unpaired) electrons. The van der Waals surface area contributed by atoms with Crippen molar-refractivity contribution in [2.24, 2.45) is 7.05 Å². The van der Waals surface area contributed by atoms with E-state index in [0.29, 0.717) is 6.04 Å². The molecular weight excluding hydrogens is 276 g/mol. The van der Waals surface area contributed by atoms with E-state index in [9.17, 15) is 0 Å². The predicted molar refractivity (Wildman–Crippen MR) is 87.9 cm³/mol. The number of benzene rings is 1. The van der Waals surface area contributed by atoms with Gasteiger partial charge in [-0.1, -0.05) is 17.7 Å². The van der Waals surface area contributed by atoms with E-state index in [4.69, 9.17) is 4.74 Å². The van der Waals surface area contributed by atoms with Crippen molar-refractivity contribution in [3.05, 3.63) is 47.3 Å². The average molecular weight is 300 g/mol. The zero-order valence-corrected chi connectivity index (χ0v) is 13.5. The van der Waals surface area contributed by atoms with Gasteiger partial charge in [-0.3, -0.25) is 4.68 Å². The first kappa shape index (κ1) is 15.1. The molecule has 2 atom stereocenters. The highest BCUT2D eigenvalue weighted by Gasteiger charge is 2.30. The van der Waals surface area contributed by atoms with E-state index in [0.717, 1.165) is 25.1 Å². The van der Waals surface area contributed by atoms with Gasteiger partial charge in [0.05, 0.1) is 6.20 Å². The fourth-order valence-electron chi connectivity index (χ4n) is 3.07. The van der Waals surface area contributed by atoms with Crippen LogP contribution in [-0.4, -0.2) is 29.5 Å². The first-order chi connectivity index (χ1) is 10.7. The van der Waals surface area contributed by atoms with E-state index in [1.807, 2.05) is 31.2 Å². The molecule has 5 nitrogen and oxygen atoms in total. The summed E-state index contributed by atoms with van der Waals surface area (Å²) < 4.78 is 7.73. The lowest BCUT2D eigenvalue weighted by Crippen LogP contribution is -2.31. The number of aromatic nitrogens is 2. The van der Waals surface area contributed by atoms with Crippen LogP contribution in [-0.2, 0) is 18.3 Å². The quantitative estimate of drug-likeness (QED) is 0.890. The molecule has 1 aromatic heterocycles. The molecule has 1 aromatic carbocycles. The van der Waals surface area contributed by atoms with Crippen molar-refractivity contribution < 1.29 is 4.74 Å². The standard InChI is InChI=1S/C17H24N4O/c1-12-4-5-15(18-2)13(8-12)9-19-16-6-7-22-17(16)14-10-20-21(3)11-14/h4-5,8,10-11,16-19H,6-7,9H2,1-3H3/t16-,17+/m1/s1. The summed E-state index contributed by atoms with van der Waals surface area (Å²) in [5.74, 6) is 0. The molecule has 0 amide bonds. The second-order valence-electron chi connectivity index (χ2n) is 5.93. The second-order valence-corrected chi connectivity index (χ2v) is 5.93. The highest BCUT2D eigenvalue weighted by atomic mass is 16.5. The summed E-state index contributed by atoms with van der Waals surface area (Å²) in [6.07, 6.45) is 5.06. The number of nitrogens with one attached hydrogen (secondary N) is 2. The van der Waals surface area contributed by atoms with Crippen LogP contribution in [0.25, 0.3) is 0 Å². The molecule has 1 aliphatic rings. The Morgan fingerprint density at radius 2 is 2.27 bits per heavy atom. The zero-order chi connectivity index (χ0) is 15.5. The van der Waals surface area contributed by atoms with Gasteiger partial charge >= 0.3 is 0 Å². The summed E-state index contributed by atoms with van der Waals surface area (Å²) in [6, 6.07) is 6.82. The highest BCUT2D eigenvalue weighted by molar-refractivity contribution is 5.52. The summed E-state index contributed by atoms with van der Waals surface area (Å²) in [4.78, 5) is 0. The first-order valence-electron chi connectivity index (χ1n) is 7.78. The molecule has 2 heterocycles. The lowest BCUT2D eigenvalue weighted by atomic mass is 10.0. The maximum absolute atomic E-state index is 5.90. The zero-order valence-electron chi connectivity index (χ0n) is 13.5. The van der Waals surface area contributed by atoms with E-state index in [2.05, 4.69) is 40.9 Å². The molecule has 0 saturated carbocycles. The molecule has 118 valence electrons. The molecule has 5 heteroatoms. The third kappa shape index (κ3) is 3.15. The van der Waals surface area contributed by atoms with Crippen molar-refractivity contribution in [3.8, 4) is 0 Å².